The predicted octanol–water partition coefficient (Wildman–Crippen LogP) is 3.41. The number of tetrazole rings is 1. The van der Waals surface area contributed by atoms with Crippen molar-refractivity contribution in [1.82, 2.24) is 29.9 Å². The Kier molecular flexibility index (Phi) is 5.90. The van der Waals surface area contributed by atoms with Crippen molar-refractivity contribution >= 4 is 17.5 Å². The first kappa shape index (κ1) is 20.9. The van der Waals surface area contributed by atoms with E-state index in [2.05, 4.69) is 20.7 Å². The zero-order valence-electron chi connectivity index (χ0n) is 17.7. The van der Waals surface area contributed by atoms with Crippen molar-refractivity contribution in [3.05, 3.63) is 64.7 Å². The van der Waals surface area contributed by atoms with E-state index in [1.54, 1.807) is 11.8 Å². The van der Waals surface area contributed by atoms with E-state index < -0.39 is 0 Å². The molecule has 9 nitrogen and oxygen atoms in total. The van der Waals surface area contributed by atoms with E-state index >= 15 is 0 Å². The topological polar surface area (TPSA) is 101 Å². The zero-order valence-corrected chi connectivity index (χ0v) is 18.5. The minimum atomic E-state index is 0.00330. The van der Waals surface area contributed by atoms with Crippen molar-refractivity contribution in [1.29, 1.82) is 0 Å². The highest BCUT2D eigenvalue weighted by Crippen LogP contribution is 2.24. The monoisotopic (exact) mass is 438 g/mol. The number of benzene rings is 1. The van der Waals surface area contributed by atoms with Gasteiger partial charge >= 0.3 is 0 Å². The lowest BCUT2D eigenvalue weighted by molar-refractivity contribution is 0.102. The Hall–Kier alpha value is -3.40. The number of aryl methyl sites for hydroxylation is 2. The van der Waals surface area contributed by atoms with E-state index in [0.717, 1.165) is 28.5 Å². The minimum absolute atomic E-state index is 0.00330. The average molecular weight is 439 g/mol. The molecule has 0 unspecified atom stereocenters. The Morgan fingerprint density at radius 3 is 2.61 bits per heavy atom. The standard InChI is InChI=1S/C21H22N6O3S/c1-13-9-18(15(3)27(13)20-10-14(2)30-23-20)19(28)12-31-21-22-24-25-26(21)11-16-5-7-17(29-4)8-6-16/h5-10H,11-12H2,1-4H3. The molecule has 0 saturated heterocycles. The van der Waals surface area contributed by atoms with Crippen LogP contribution < -0.4 is 4.74 Å². The van der Waals surface area contributed by atoms with Gasteiger partial charge in [0, 0.05) is 23.0 Å². The summed E-state index contributed by atoms with van der Waals surface area (Å²) in [6, 6.07) is 11.4. The summed E-state index contributed by atoms with van der Waals surface area (Å²) in [6.45, 7) is 6.19. The van der Waals surface area contributed by atoms with E-state index in [-0.39, 0.29) is 11.5 Å². The van der Waals surface area contributed by atoms with Gasteiger partial charge in [-0.25, -0.2) is 4.68 Å². The van der Waals surface area contributed by atoms with Crippen LogP contribution in [0.1, 0.15) is 33.1 Å². The third-order valence-corrected chi connectivity index (χ3v) is 5.86. The number of thioether (sulfide) groups is 1. The molecule has 0 amide bonds. The van der Waals surface area contributed by atoms with E-state index in [9.17, 15) is 4.79 Å². The molecule has 0 aliphatic carbocycles. The highest BCUT2D eigenvalue weighted by molar-refractivity contribution is 7.99. The Morgan fingerprint density at radius 1 is 1.16 bits per heavy atom. The number of hydrogen-bond donors (Lipinski definition) is 0. The highest BCUT2D eigenvalue weighted by atomic mass is 32.2. The minimum Gasteiger partial charge on any atom is -0.497 e. The second kappa shape index (κ2) is 8.76. The van der Waals surface area contributed by atoms with Crippen LogP contribution in [-0.2, 0) is 6.54 Å². The van der Waals surface area contributed by atoms with Crippen LogP contribution in [0.4, 0.5) is 0 Å². The summed E-state index contributed by atoms with van der Waals surface area (Å²) in [6.07, 6.45) is 0. The molecule has 31 heavy (non-hydrogen) atoms. The van der Waals surface area contributed by atoms with Gasteiger partial charge in [0.2, 0.25) is 5.16 Å². The summed E-state index contributed by atoms with van der Waals surface area (Å²) in [5.41, 5.74) is 3.44. The summed E-state index contributed by atoms with van der Waals surface area (Å²) in [7, 11) is 1.63. The molecule has 160 valence electrons. The maximum Gasteiger partial charge on any atom is 0.210 e. The molecule has 0 fully saturated rings. The fourth-order valence-electron chi connectivity index (χ4n) is 3.37. The number of methoxy groups -OCH3 is 1. The van der Waals surface area contributed by atoms with Gasteiger partial charge in [-0.1, -0.05) is 29.1 Å². The second-order valence-corrected chi connectivity index (χ2v) is 8.04. The van der Waals surface area contributed by atoms with Gasteiger partial charge in [0.15, 0.2) is 11.6 Å². The zero-order chi connectivity index (χ0) is 22.0. The number of ketones is 1. The van der Waals surface area contributed by atoms with Crippen LogP contribution in [-0.4, -0.2) is 48.6 Å². The molecule has 0 bridgehead atoms. The molecule has 0 saturated carbocycles. The van der Waals surface area contributed by atoms with Crippen LogP contribution in [0, 0.1) is 20.8 Å². The number of carbonyl (C=O) groups is 1. The lowest BCUT2D eigenvalue weighted by Gasteiger charge is -2.06. The van der Waals surface area contributed by atoms with Crippen LogP contribution in [0.15, 0.2) is 46.1 Å². The first-order valence-corrected chi connectivity index (χ1v) is 10.6. The largest absolute Gasteiger partial charge is 0.497 e. The van der Waals surface area contributed by atoms with Crippen molar-refractivity contribution < 1.29 is 14.1 Å². The number of carbonyl (C=O) groups excluding carboxylic acids is 1. The molecule has 0 spiro atoms. The molecule has 4 rings (SSSR count). The van der Waals surface area contributed by atoms with Crippen molar-refractivity contribution in [2.24, 2.45) is 0 Å². The Morgan fingerprint density at radius 2 is 1.94 bits per heavy atom. The van der Waals surface area contributed by atoms with Crippen LogP contribution in [0.2, 0.25) is 0 Å². The summed E-state index contributed by atoms with van der Waals surface area (Å²) in [4.78, 5) is 12.9. The Bertz CT molecular complexity index is 1210. The van der Waals surface area contributed by atoms with Crippen molar-refractivity contribution in [3.8, 4) is 11.6 Å². The lowest BCUT2D eigenvalue weighted by Crippen LogP contribution is -2.08. The number of ether oxygens (including phenoxy) is 1. The average Bonchev–Trinajstić information content (AvgIpc) is 3.46. The number of nitrogens with zero attached hydrogens (tertiary/aromatic N) is 6. The van der Waals surface area contributed by atoms with Gasteiger partial charge in [-0.2, -0.15) is 0 Å². The normalized spacial score (nSPS) is 11.1. The molecular weight excluding hydrogens is 416 g/mol. The van der Waals surface area contributed by atoms with E-state index in [4.69, 9.17) is 9.26 Å². The highest BCUT2D eigenvalue weighted by Gasteiger charge is 2.19. The SMILES string of the molecule is COc1ccc(Cn2nnnc2SCC(=O)c2cc(C)n(-c3cc(C)on3)c2C)cc1. The first-order chi connectivity index (χ1) is 15.0. The summed E-state index contributed by atoms with van der Waals surface area (Å²) < 4.78 is 14.0. The summed E-state index contributed by atoms with van der Waals surface area (Å²) >= 11 is 1.32. The van der Waals surface area contributed by atoms with Crippen LogP contribution >= 0.6 is 11.8 Å². The molecule has 0 radical (unpaired) electrons. The predicted molar refractivity (Wildman–Crippen MR) is 115 cm³/mol. The number of rotatable bonds is 8. The van der Waals surface area contributed by atoms with Gasteiger partial charge in [0.05, 0.1) is 19.4 Å². The fourth-order valence-corrected chi connectivity index (χ4v) is 4.13. The molecule has 1 aromatic carbocycles. The van der Waals surface area contributed by atoms with Crippen molar-refractivity contribution in [3.63, 3.8) is 0 Å². The van der Waals surface area contributed by atoms with Crippen LogP contribution in [0.3, 0.4) is 0 Å². The maximum absolute atomic E-state index is 12.9. The van der Waals surface area contributed by atoms with Gasteiger partial charge in [-0.15, -0.1) is 5.10 Å². The van der Waals surface area contributed by atoms with Gasteiger partial charge in [-0.3, -0.25) is 9.36 Å². The van der Waals surface area contributed by atoms with Crippen LogP contribution in [0.25, 0.3) is 5.82 Å². The van der Waals surface area contributed by atoms with E-state index in [0.29, 0.717) is 23.1 Å². The van der Waals surface area contributed by atoms with Gasteiger partial charge < -0.3 is 9.26 Å². The quantitative estimate of drug-likeness (QED) is 0.305. The van der Waals surface area contributed by atoms with Crippen molar-refractivity contribution in [2.45, 2.75) is 32.5 Å². The molecule has 0 aliphatic heterocycles. The van der Waals surface area contributed by atoms with Crippen LogP contribution in [0.5, 0.6) is 5.75 Å². The van der Waals surface area contributed by atoms with Gasteiger partial charge in [0.1, 0.15) is 11.5 Å². The summed E-state index contributed by atoms with van der Waals surface area (Å²) in [5.74, 6) is 2.41. The molecule has 0 N–H and O–H groups in total. The fraction of sp³-hybridized carbons (Fsp3) is 0.286. The molecule has 3 heterocycles. The molecule has 4 aromatic rings. The summed E-state index contributed by atoms with van der Waals surface area (Å²) in [5, 5.41) is 16.5. The number of aromatic nitrogens is 6. The Labute approximate surface area is 183 Å². The third-order valence-electron chi connectivity index (χ3n) is 4.90. The van der Waals surface area contributed by atoms with Gasteiger partial charge in [-0.05, 0) is 55.0 Å². The Balaban J connectivity index is 1.46. The molecule has 0 atom stereocenters. The van der Waals surface area contributed by atoms with Crippen molar-refractivity contribution in [2.75, 3.05) is 12.9 Å². The smallest absolute Gasteiger partial charge is 0.210 e. The molecule has 3 aromatic heterocycles. The van der Waals surface area contributed by atoms with Gasteiger partial charge in [0.25, 0.3) is 0 Å². The molecule has 10 heteroatoms. The van der Waals surface area contributed by atoms with E-state index in [1.807, 2.05) is 61.7 Å². The molecular formula is C21H22N6O3S. The second-order valence-electron chi connectivity index (χ2n) is 7.10. The number of Topliss-reactive ketones (excluding diaryl/α,β-unsaturated/α-hetero) is 1. The lowest BCUT2D eigenvalue weighted by atomic mass is 10.2. The first-order valence-electron chi connectivity index (χ1n) is 9.64. The third kappa shape index (κ3) is 4.38. The molecule has 0 aliphatic rings. The maximum atomic E-state index is 12.9. The number of hydrogen-bond acceptors (Lipinski definition) is 8. The van der Waals surface area contributed by atoms with E-state index in [1.165, 1.54) is 11.8 Å².